The first-order valence-electron chi connectivity index (χ1n) is 5.80. The maximum atomic E-state index is 10.9. The van der Waals surface area contributed by atoms with E-state index in [9.17, 15) is 10.1 Å². The van der Waals surface area contributed by atoms with E-state index in [1.165, 1.54) is 6.07 Å². The Kier molecular flexibility index (Phi) is 5.37. The monoisotopic (exact) mass is 271 g/mol. The molecule has 0 saturated heterocycles. The van der Waals surface area contributed by atoms with E-state index in [0.29, 0.717) is 23.3 Å². The molecule has 1 N–H and O–H groups in total. The zero-order valence-corrected chi connectivity index (χ0v) is 11.6. The van der Waals surface area contributed by atoms with Gasteiger partial charge >= 0.3 is 0 Å². The number of nitro benzene ring substituents is 1. The largest absolute Gasteiger partial charge is 0.378 e. The fourth-order valence-electron chi connectivity index (χ4n) is 1.43. The first-order chi connectivity index (χ1) is 8.41. The first-order valence-corrected chi connectivity index (χ1v) is 6.17. The molecular formula is C12H18ClN3O2. The lowest BCUT2D eigenvalue weighted by molar-refractivity contribution is -0.383. The SMILES string of the molecule is CC(C)N(C)CCNc1ccc(Cl)cc1[N+](=O)[O-]. The number of rotatable bonds is 6. The van der Waals surface area contributed by atoms with E-state index in [0.717, 1.165) is 6.54 Å². The number of nitrogens with zero attached hydrogens (tertiary/aromatic N) is 2. The van der Waals surface area contributed by atoms with Crippen molar-refractivity contribution in [2.75, 3.05) is 25.5 Å². The van der Waals surface area contributed by atoms with E-state index < -0.39 is 4.92 Å². The molecule has 0 aromatic heterocycles. The lowest BCUT2D eigenvalue weighted by Crippen LogP contribution is -2.31. The van der Waals surface area contributed by atoms with Crippen LogP contribution >= 0.6 is 11.6 Å². The highest BCUT2D eigenvalue weighted by Crippen LogP contribution is 2.27. The molecule has 6 heteroatoms. The number of halogens is 1. The van der Waals surface area contributed by atoms with E-state index in [4.69, 9.17) is 11.6 Å². The van der Waals surface area contributed by atoms with Gasteiger partial charge in [0, 0.05) is 30.2 Å². The number of nitro groups is 1. The van der Waals surface area contributed by atoms with E-state index in [1.807, 2.05) is 7.05 Å². The highest BCUT2D eigenvalue weighted by Gasteiger charge is 2.14. The Hall–Kier alpha value is -1.33. The average molecular weight is 272 g/mol. The van der Waals surface area contributed by atoms with Crippen molar-refractivity contribution in [3.63, 3.8) is 0 Å². The number of nitrogens with one attached hydrogen (secondary N) is 1. The van der Waals surface area contributed by atoms with Gasteiger partial charge in [0.2, 0.25) is 0 Å². The molecular weight excluding hydrogens is 254 g/mol. The summed E-state index contributed by atoms with van der Waals surface area (Å²) in [5.41, 5.74) is 0.510. The van der Waals surface area contributed by atoms with Crippen molar-refractivity contribution in [1.82, 2.24) is 4.90 Å². The minimum absolute atomic E-state index is 0.00898. The Balaban J connectivity index is 2.65. The van der Waals surface area contributed by atoms with Gasteiger partial charge in [0.1, 0.15) is 5.69 Å². The second-order valence-corrected chi connectivity index (χ2v) is 4.86. The molecule has 1 rings (SSSR count). The topological polar surface area (TPSA) is 58.4 Å². The van der Waals surface area contributed by atoms with Gasteiger partial charge < -0.3 is 10.2 Å². The van der Waals surface area contributed by atoms with Crippen LogP contribution in [0.3, 0.4) is 0 Å². The minimum atomic E-state index is -0.430. The average Bonchev–Trinajstić information content (AvgIpc) is 2.30. The van der Waals surface area contributed by atoms with Gasteiger partial charge in [0.05, 0.1) is 4.92 Å². The lowest BCUT2D eigenvalue weighted by atomic mass is 10.2. The standard InChI is InChI=1S/C12H18ClN3O2/c1-9(2)15(3)7-6-14-11-5-4-10(13)8-12(11)16(17)18/h4-5,8-9,14H,6-7H2,1-3H3. The number of likely N-dealkylation sites (N-methyl/N-ethyl adjacent to an activating group) is 1. The maximum Gasteiger partial charge on any atom is 0.293 e. The van der Waals surface area contributed by atoms with Crippen molar-refractivity contribution >= 4 is 23.0 Å². The van der Waals surface area contributed by atoms with Crippen LogP contribution in [0.1, 0.15) is 13.8 Å². The van der Waals surface area contributed by atoms with E-state index in [-0.39, 0.29) is 5.69 Å². The van der Waals surface area contributed by atoms with Crippen molar-refractivity contribution < 1.29 is 4.92 Å². The summed E-state index contributed by atoms with van der Waals surface area (Å²) in [4.78, 5) is 12.6. The zero-order valence-electron chi connectivity index (χ0n) is 10.8. The summed E-state index contributed by atoms with van der Waals surface area (Å²) in [6.45, 7) is 5.67. The number of anilines is 1. The molecule has 0 aliphatic heterocycles. The quantitative estimate of drug-likeness (QED) is 0.638. The van der Waals surface area contributed by atoms with Crippen LogP contribution in [-0.4, -0.2) is 36.0 Å². The highest BCUT2D eigenvalue weighted by molar-refractivity contribution is 6.30. The molecule has 0 bridgehead atoms. The molecule has 5 nitrogen and oxygen atoms in total. The third kappa shape index (κ3) is 4.16. The van der Waals surface area contributed by atoms with Gasteiger partial charge in [0.15, 0.2) is 0 Å². The predicted molar refractivity (Wildman–Crippen MR) is 74.4 cm³/mol. The smallest absolute Gasteiger partial charge is 0.293 e. The molecule has 0 aliphatic carbocycles. The first kappa shape index (κ1) is 14.7. The van der Waals surface area contributed by atoms with Gasteiger partial charge in [-0.05, 0) is 33.0 Å². The molecule has 0 amide bonds. The molecule has 0 saturated carbocycles. The summed E-state index contributed by atoms with van der Waals surface area (Å²) < 4.78 is 0. The molecule has 0 radical (unpaired) electrons. The molecule has 0 heterocycles. The van der Waals surface area contributed by atoms with Gasteiger partial charge in [-0.1, -0.05) is 11.6 Å². The van der Waals surface area contributed by atoms with E-state index >= 15 is 0 Å². The fraction of sp³-hybridized carbons (Fsp3) is 0.500. The van der Waals surface area contributed by atoms with Crippen LogP contribution in [0.2, 0.25) is 5.02 Å². The Morgan fingerprint density at radius 3 is 2.72 bits per heavy atom. The number of benzene rings is 1. The molecule has 0 spiro atoms. The third-order valence-electron chi connectivity index (χ3n) is 2.82. The Bertz CT molecular complexity index is 424. The summed E-state index contributed by atoms with van der Waals surface area (Å²) in [7, 11) is 2.02. The van der Waals surface area contributed by atoms with Crippen molar-refractivity contribution in [3.05, 3.63) is 33.3 Å². The minimum Gasteiger partial charge on any atom is -0.378 e. The molecule has 100 valence electrons. The van der Waals surface area contributed by atoms with Crippen LogP contribution in [0.15, 0.2) is 18.2 Å². The van der Waals surface area contributed by atoms with Gasteiger partial charge in [-0.3, -0.25) is 10.1 Å². The predicted octanol–water partition coefficient (Wildman–Crippen LogP) is 3.00. The summed E-state index contributed by atoms with van der Waals surface area (Å²) >= 11 is 5.75. The maximum absolute atomic E-state index is 10.9. The molecule has 1 aromatic carbocycles. The van der Waals surface area contributed by atoms with Crippen molar-refractivity contribution in [1.29, 1.82) is 0 Å². The highest BCUT2D eigenvalue weighted by atomic mass is 35.5. The molecule has 0 unspecified atom stereocenters. The number of hydrogen-bond acceptors (Lipinski definition) is 4. The second-order valence-electron chi connectivity index (χ2n) is 4.42. The van der Waals surface area contributed by atoms with Crippen LogP contribution < -0.4 is 5.32 Å². The molecule has 1 aromatic rings. The van der Waals surface area contributed by atoms with Gasteiger partial charge in [-0.2, -0.15) is 0 Å². The van der Waals surface area contributed by atoms with Crippen LogP contribution in [0.25, 0.3) is 0 Å². The fourth-order valence-corrected chi connectivity index (χ4v) is 1.60. The van der Waals surface area contributed by atoms with Crippen LogP contribution in [0, 0.1) is 10.1 Å². The summed E-state index contributed by atoms with van der Waals surface area (Å²) in [6, 6.07) is 5.08. The summed E-state index contributed by atoms with van der Waals surface area (Å²) in [6.07, 6.45) is 0. The Labute approximate surface area is 112 Å². The second kappa shape index (κ2) is 6.56. The van der Waals surface area contributed by atoms with Gasteiger partial charge in [-0.25, -0.2) is 0 Å². The Morgan fingerprint density at radius 1 is 1.50 bits per heavy atom. The summed E-state index contributed by atoms with van der Waals surface area (Å²) in [5, 5.41) is 14.3. The third-order valence-corrected chi connectivity index (χ3v) is 3.05. The van der Waals surface area contributed by atoms with Crippen molar-refractivity contribution in [2.24, 2.45) is 0 Å². The van der Waals surface area contributed by atoms with Gasteiger partial charge in [-0.15, -0.1) is 0 Å². The summed E-state index contributed by atoms with van der Waals surface area (Å²) in [5.74, 6) is 0. The molecule has 0 fully saturated rings. The molecule has 0 atom stereocenters. The van der Waals surface area contributed by atoms with Crippen molar-refractivity contribution in [3.8, 4) is 0 Å². The zero-order chi connectivity index (χ0) is 13.7. The van der Waals surface area contributed by atoms with Crippen LogP contribution in [-0.2, 0) is 0 Å². The van der Waals surface area contributed by atoms with E-state index in [2.05, 4.69) is 24.1 Å². The van der Waals surface area contributed by atoms with Gasteiger partial charge in [0.25, 0.3) is 5.69 Å². The number of hydrogen-bond donors (Lipinski definition) is 1. The van der Waals surface area contributed by atoms with Crippen LogP contribution in [0.4, 0.5) is 11.4 Å². The van der Waals surface area contributed by atoms with E-state index in [1.54, 1.807) is 12.1 Å². The normalized spacial score (nSPS) is 11.0. The Morgan fingerprint density at radius 2 is 2.17 bits per heavy atom. The lowest BCUT2D eigenvalue weighted by Gasteiger charge is -2.21. The molecule has 0 aliphatic rings. The van der Waals surface area contributed by atoms with Crippen molar-refractivity contribution in [2.45, 2.75) is 19.9 Å². The van der Waals surface area contributed by atoms with Crippen LogP contribution in [0.5, 0.6) is 0 Å². The molecule has 18 heavy (non-hydrogen) atoms.